The van der Waals surface area contributed by atoms with Crippen LogP contribution < -0.4 is 11.5 Å². The zero-order valence-corrected chi connectivity index (χ0v) is 12.6. The van der Waals surface area contributed by atoms with Crippen LogP contribution in [0, 0.1) is 11.3 Å². The molecule has 7 N–H and O–H groups in total. The number of rotatable bonds is 8. The summed E-state index contributed by atoms with van der Waals surface area (Å²) in [4.78, 5) is 22.3. The van der Waals surface area contributed by atoms with Crippen LogP contribution in [0.1, 0.15) is 25.7 Å². The van der Waals surface area contributed by atoms with Gasteiger partial charge in [0.25, 0.3) is 0 Å². The van der Waals surface area contributed by atoms with Crippen molar-refractivity contribution in [3.05, 3.63) is 24.3 Å². The average Bonchev–Trinajstić information content (AvgIpc) is 2.51. The van der Waals surface area contributed by atoms with E-state index in [1.807, 2.05) is 0 Å². The molecule has 7 heteroatoms. The second-order valence-corrected chi connectivity index (χ2v) is 5.02. The monoisotopic (exact) mass is 314 g/mol. The van der Waals surface area contributed by atoms with Gasteiger partial charge in [0.1, 0.15) is 5.41 Å². The predicted molar refractivity (Wildman–Crippen MR) is 83.1 cm³/mol. The van der Waals surface area contributed by atoms with Crippen LogP contribution in [0.15, 0.2) is 24.3 Å². The van der Waals surface area contributed by atoms with E-state index in [1.165, 1.54) is 24.3 Å². The van der Waals surface area contributed by atoms with E-state index < -0.39 is 23.3 Å². The van der Waals surface area contributed by atoms with Crippen molar-refractivity contribution in [2.75, 3.05) is 19.7 Å². The Morgan fingerprint density at radius 3 is 2.05 bits per heavy atom. The SMILES string of the molecule is NCCCCN.O=C(O)C1C=CC=CC1(CCCO)C(=O)O. The highest BCUT2D eigenvalue weighted by Gasteiger charge is 2.46. The van der Waals surface area contributed by atoms with Gasteiger partial charge in [0.05, 0.1) is 5.92 Å². The Morgan fingerprint density at radius 1 is 1.05 bits per heavy atom. The highest BCUT2D eigenvalue weighted by Crippen LogP contribution is 2.38. The molecule has 0 spiro atoms. The maximum absolute atomic E-state index is 11.3. The summed E-state index contributed by atoms with van der Waals surface area (Å²) in [5.74, 6) is -3.42. The second-order valence-electron chi connectivity index (χ2n) is 5.02. The number of hydrogen-bond donors (Lipinski definition) is 5. The van der Waals surface area contributed by atoms with Gasteiger partial charge in [-0.05, 0) is 38.8 Å². The number of aliphatic hydroxyl groups excluding tert-OH is 1. The van der Waals surface area contributed by atoms with Gasteiger partial charge in [0.2, 0.25) is 0 Å². The molecule has 2 unspecified atom stereocenters. The number of aliphatic carboxylic acids is 2. The minimum atomic E-state index is -1.44. The summed E-state index contributed by atoms with van der Waals surface area (Å²) in [5.41, 5.74) is 8.88. The average molecular weight is 314 g/mol. The Balaban J connectivity index is 0.000000626. The van der Waals surface area contributed by atoms with Gasteiger partial charge < -0.3 is 26.8 Å². The molecular formula is C15H26N2O5. The first-order chi connectivity index (χ1) is 10.5. The van der Waals surface area contributed by atoms with Crippen molar-refractivity contribution in [2.45, 2.75) is 25.7 Å². The molecule has 0 heterocycles. The largest absolute Gasteiger partial charge is 0.481 e. The number of nitrogens with two attached hydrogens (primary N) is 2. The molecule has 126 valence electrons. The molecule has 0 aliphatic heterocycles. The van der Waals surface area contributed by atoms with Crippen molar-refractivity contribution >= 4 is 11.9 Å². The summed E-state index contributed by atoms with van der Waals surface area (Å²) >= 11 is 0. The van der Waals surface area contributed by atoms with Gasteiger partial charge in [0, 0.05) is 6.61 Å². The fourth-order valence-corrected chi connectivity index (χ4v) is 2.19. The smallest absolute Gasteiger partial charge is 0.314 e. The van der Waals surface area contributed by atoms with Crippen LogP contribution in [-0.4, -0.2) is 47.0 Å². The van der Waals surface area contributed by atoms with E-state index in [4.69, 9.17) is 21.7 Å². The number of allylic oxidation sites excluding steroid dienone is 2. The standard InChI is InChI=1S/C11H14O5.C4H12N2/c12-7-3-6-11(10(15)16)5-2-1-4-8(11)9(13)14;5-3-1-2-4-6/h1-2,4-5,8,12H,3,6-7H2,(H,13,14)(H,15,16);1-6H2. The number of aliphatic hydroxyl groups is 1. The minimum Gasteiger partial charge on any atom is -0.481 e. The summed E-state index contributed by atoms with van der Waals surface area (Å²) in [7, 11) is 0. The maximum Gasteiger partial charge on any atom is 0.314 e. The summed E-state index contributed by atoms with van der Waals surface area (Å²) in [6.07, 6.45) is 8.32. The lowest BCUT2D eigenvalue weighted by molar-refractivity contribution is -0.157. The van der Waals surface area contributed by atoms with Crippen LogP contribution in [0.2, 0.25) is 0 Å². The third-order valence-electron chi connectivity index (χ3n) is 3.43. The van der Waals surface area contributed by atoms with Crippen molar-refractivity contribution in [3.8, 4) is 0 Å². The third-order valence-corrected chi connectivity index (χ3v) is 3.43. The lowest BCUT2D eigenvalue weighted by atomic mass is 9.70. The summed E-state index contributed by atoms with van der Waals surface area (Å²) in [6, 6.07) is 0. The van der Waals surface area contributed by atoms with E-state index in [1.54, 1.807) is 0 Å². The topological polar surface area (TPSA) is 147 Å². The van der Waals surface area contributed by atoms with Crippen molar-refractivity contribution in [1.29, 1.82) is 0 Å². The molecule has 0 bridgehead atoms. The number of carboxylic acid groups (broad SMARTS) is 2. The van der Waals surface area contributed by atoms with Crippen molar-refractivity contribution in [2.24, 2.45) is 22.8 Å². The molecule has 1 aliphatic rings. The Labute approximate surface area is 130 Å². The third kappa shape index (κ3) is 5.97. The van der Waals surface area contributed by atoms with Crippen LogP contribution in [-0.2, 0) is 9.59 Å². The van der Waals surface area contributed by atoms with Crippen LogP contribution in [0.4, 0.5) is 0 Å². The molecule has 7 nitrogen and oxygen atoms in total. The van der Waals surface area contributed by atoms with Crippen LogP contribution in [0.3, 0.4) is 0 Å². The van der Waals surface area contributed by atoms with E-state index in [0.29, 0.717) is 0 Å². The molecule has 0 aromatic rings. The summed E-state index contributed by atoms with van der Waals surface area (Å²) in [5, 5.41) is 27.0. The predicted octanol–water partition coefficient (Wildman–Crippen LogP) is 0.341. The Hall–Kier alpha value is -1.70. The molecule has 0 aromatic heterocycles. The lowest BCUT2D eigenvalue weighted by Gasteiger charge is -2.31. The Kier molecular flexibility index (Phi) is 10.1. The molecular weight excluding hydrogens is 288 g/mol. The normalized spacial score (nSPS) is 22.8. The van der Waals surface area contributed by atoms with E-state index in [0.717, 1.165) is 25.9 Å². The van der Waals surface area contributed by atoms with Crippen LogP contribution >= 0.6 is 0 Å². The summed E-state index contributed by atoms with van der Waals surface area (Å²) in [6.45, 7) is 1.40. The first kappa shape index (κ1) is 20.3. The highest BCUT2D eigenvalue weighted by atomic mass is 16.4. The first-order valence-corrected chi connectivity index (χ1v) is 7.29. The fourth-order valence-electron chi connectivity index (χ4n) is 2.19. The van der Waals surface area contributed by atoms with Gasteiger partial charge >= 0.3 is 11.9 Å². The lowest BCUT2D eigenvalue weighted by Crippen LogP contribution is -2.41. The van der Waals surface area contributed by atoms with Gasteiger partial charge in [0.15, 0.2) is 0 Å². The highest BCUT2D eigenvalue weighted by molar-refractivity contribution is 5.87. The zero-order chi connectivity index (χ0) is 17.0. The number of carbonyl (C=O) groups is 2. The van der Waals surface area contributed by atoms with E-state index in [-0.39, 0.29) is 19.4 Å². The first-order valence-electron chi connectivity index (χ1n) is 7.29. The molecule has 22 heavy (non-hydrogen) atoms. The molecule has 0 radical (unpaired) electrons. The van der Waals surface area contributed by atoms with Crippen molar-refractivity contribution in [1.82, 2.24) is 0 Å². The molecule has 0 fully saturated rings. The molecule has 0 amide bonds. The molecule has 0 saturated heterocycles. The number of unbranched alkanes of at least 4 members (excludes halogenated alkanes) is 1. The zero-order valence-electron chi connectivity index (χ0n) is 12.6. The van der Waals surface area contributed by atoms with Crippen molar-refractivity contribution in [3.63, 3.8) is 0 Å². The maximum atomic E-state index is 11.3. The van der Waals surface area contributed by atoms with Crippen molar-refractivity contribution < 1.29 is 24.9 Å². The Bertz CT molecular complexity index is 405. The molecule has 2 atom stereocenters. The molecule has 0 saturated carbocycles. The second kappa shape index (κ2) is 10.9. The van der Waals surface area contributed by atoms with Gasteiger partial charge in [-0.3, -0.25) is 9.59 Å². The van der Waals surface area contributed by atoms with E-state index >= 15 is 0 Å². The van der Waals surface area contributed by atoms with E-state index in [9.17, 15) is 14.7 Å². The van der Waals surface area contributed by atoms with Gasteiger partial charge in [-0.1, -0.05) is 24.3 Å². The Morgan fingerprint density at radius 2 is 1.64 bits per heavy atom. The number of carboxylic acids is 2. The fraction of sp³-hybridized carbons (Fsp3) is 0.600. The number of hydrogen-bond acceptors (Lipinski definition) is 5. The van der Waals surface area contributed by atoms with Gasteiger partial charge in [-0.2, -0.15) is 0 Å². The van der Waals surface area contributed by atoms with Crippen LogP contribution in [0.5, 0.6) is 0 Å². The van der Waals surface area contributed by atoms with Crippen LogP contribution in [0.25, 0.3) is 0 Å². The van der Waals surface area contributed by atoms with Gasteiger partial charge in [-0.15, -0.1) is 0 Å². The van der Waals surface area contributed by atoms with E-state index in [2.05, 4.69) is 0 Å². The van der Waals surface area contributed by atoms with Gasteiger partial charge in [-0.25, -0.2) is 0 Å². The summed E-state index contributed by atoms with van der Waals surface area (Å²) < 4.78 is 0. The molecule has 1 rings (SSSR count). The quantitative estimate of drug-likeness (QED) is 0.406. The minimum absolute atomic E-state index is 0.108. The molecule has 0 aromatic carbocycles. The molecule has 1 aliphatic carbocycles.